The van der Waals surface area contributed by atoms with E-state index in [4.69, 9.17) is 9.47 Å². The third kappa shape index (κ3) is 2.63. The molecule has 2 aliphatic heterocycles. The lowest BCUT2D eigenvalue weighted by Gasteiger charge is -2.62. The predicted octanol–water partition coefficient (Wildman–Crippen LogP) is 5.16. The molecule has 2 heterocycles. The summed E-state index contributed by atoms with van der Waals surface area (Å²) in [6.07, 6.45) is 12.3. The lowest BCUT2D eigenvalue weighted by Crippen LogP contribution is -2.63. The molecule has 4 aliphatic rings. The molecule has 2 unspecified atom stereocenters. The van der Waals surface area contributed by atoms with Gasteiger partial charge in [-0.3, -0.25) is 0 Å². The number of aliphatic hydroxyl groups excluding tert-OH is 1. The van der Waals surface area contributed by atoms with E-state index in [9.17, 15) is 5.11 Å². The molecule has 0 aromatic carbocycles. The average Bonchev–Trinajstić information content (AvgIpc) is 2.98. The van der Waals surface area contributed by atoms with Crippen molar-refractivity contribution in [2.45, 2.75) is 96.4 Å². The Labute approximate surface area is 160 Å². The highest BCUT2D eigenvalue weighted by Gasteiger charge is 2.64. The standard InChI is InChI=1S/C23H40O3/c1-16(15-24)18-8-9-19-20-7-5-6-11-22(25-4)12-10-17(2)23(20,26-22)14-13-21(18,19)3/h16-20,24H,5-15H2,1-4H3/t16-,17+,18-,19?,20?,21-,22+,23+/m1/s1. The molecule has 2 saturated carbocycles. The second kappa shape index (κ2) is 6.74. The molecule has 2 aliphatic carbocycles. The maximum atomic E-state index is 9.82. The van der Waals surface area contributed by atoms with Crippen LogP contribution in [0.5, 0.6) is 0 Å². The Kier molecular flexibility index (Phi) is 4.98. The monoisotopic (exact) mass is 364 g/mol. The van der Waals surface area contributed by atoms with Crippen LogP contribution < -0.4 is 0 Å². The minimum absolute atomic E-state index is 0.0240. The molecule has 8 atom stereocenters. The molecule has 4 rings (SSSR count). The van der Waals surface area contributed by atoms with Crippen LogP contribution in [0.4, 0.5) is 0 Å². The van der Waals surface area contributed by atoms with E-state index in [1.165, 1.54) is 51.4 Å². The molecule has 0 aromatic heterocycles. The van der Waals surface area contributed by atoms with E-state index < -0.39 is 0 Å². The first-order chi connectivity index (χ1) is 12.4. The minimum Gasteiger partial charge on any atom is -0.396 e. The maximum absolute atomic E-state index is 9.82. The van der Waals surface area contributed by atoms with Crippen LogP contribution in [-0.4, -0.2) is 30.2 Å². The largest absolute Gasteiger partial charge is 0.396 e. The molecular formula is C23H40O3. The highest BCUT2D eigenvalue weighted by Crippen LogP contribution is 2.66. The van der Waals surface area contributed by atoms with Crippen molar-refractivity contribution in [3.63, 3.8) is 0 Å². The van der Waals surface area contributed by atoms with Crippen molar-refractivity contribution in [2.24, 2.45) is 35.0 Å². The van der Waals surface area contributed by atoms with E-state index in [-0.39, 0.29) is 11.4 Å². The molecule has 0 amide bonds. The van der Waals surface area contributed by atoms with Gasteiger partial charge < -0.3 is 14.6 Å². The van der Waals surface area contributed by atoms with Gasteiger partial charge >= 0.3 is 0 Å². The van der Waals surface area contributed by atoms with Crippen molar-refractivity contribution in [2.75, 3.05) is 13.7 Å². The summed E-state index contributed by atoms with van der Waals surface area (Å²) in [5.74, 6) is 2.83. The van der Waals surface area contributed by atoms with Crippen LogP contribution >= 0.6 is 0 Å². The Bertz CT molecular complexity index is 518. The fraction of sp³-hybridized carbons (Fsp3) is 1.00. The smallest absolute Gasteiger partial charge is 0.168 e. The van der Waals surface area contributed by atoms with Gasteiger partial charge in [-0.05, 0) is 80.0 Å². The highest BCUT2D eigenvalue weighted by molar-refractivity contribution is 5.12. The fourth-order valence-corrected chi connectivity index (χ4v) is 7.92. The summed E-state index contributed by atoms with van der Waals surface area (Å²) < 4.78 is 13.1. The molecular weight excluding hydrogens is 324 g/mol. The zero-order valence-electron chi connectivity index (χ0n) is 17.4. The summed E-state index contributed by atoms with van der Waals surface area (Å²) in [5, 5.41) is 9.82. The molecule has 2 bridgehead atoms. The van der Waals surface area contributed by atoms with Crippen LogP contribution in [-0.2, 0) is 9.47 Å². The van der Waals surface area contributed by atoms with Crippen LogP contribution in [0.3, 0.4) is 0 Å². The third-order valence-corrected chi connectivity index (χ3v) is 9.49. The van der Waals surface area contributed by atoms with Gasteiger partial charge in [-0.2, -0.15) is 0 Å². The Morgan fingerprint density at radius 2 is 1.85 bits per heavy atom. The molecule has 0 aromatic rings. The number of fused-ring (bicyclic) bond motifs is 3. The Balaban J connectivity index is 1.70. The van der Waals surface area contributed by atoms with Crippen LogP contribution in [0.1, 0.15) is 85.0 Å². The van der Waals surface area contributed by atoms with Crippen molar-refractivity contribution in [3.8, 4) is 0 Å². The van der Waals surface area contributed by atoms with E-state index >= 15 is 0 Å². The summed E-state index contributed by atoms with van der Waals surface area (Å²) in [4.78, 5) is 0. The van der Waals surface area contributed by atoms with Crippen LogP contribution in [0.2, 0.25) is 0 Å². The van der Waals surface area contributed by atoms with E-state index in [0.717, 1.165) is 18.8 Å². The molecule has 150 valence electrons. The maximum Gasteiger partial charge on any atom is 0.168 e. The number of methoxy groups -OCH3 is 1. The first kappa shape index (κ1) is 19.2. The van der Waals surface area contributed by atoms with Gasteiger partial charge in [0, 0.05) is 26.6 Å². The topological polar surface area (TPSA) is 38.7 Å². The number of rotatable bonds is 3. The van der Waals surface area contributed by atoms with Gasteiger partial charge in [0.1, 0.15) is 0 Å². The molecule has 3 heteroatoms. The van der Waals surface area contributed by atoms with Gasteiger partial charge in [0.25, 0.3) is 0 Å². The van der Waals surface area contributed by atoms with Gasteiger partial charge in [-0.25, -0.2) is 0 Å². The molecule has 2 saturated heterocycles. The molecule has 0 radical (unpaired) electrons. The molecule has 1 N–H and O–H groups in total. The lowest BCUT2D eigenvalue weighted by molar-refractivity contribution is -0.353. The molecule has 1 spiro atoms. The van der Waals surface area contributed by atoms with E-state index in [1.54, 1.807) is 0 Å². The second-order valence-corrected chi connectivity index (χ2v) is 10.4. The van der Waals surface area contributed by atoms with E-state index in [2.05, 4.69) is 20.8 Å². The van der Waals surface area contributed by atoms with E-state index in [1.807, 2.05) is 7.11 Å². The van der Waals surface area contributed by atoms with Crippen molar-refractivity contribution in [1.82, 2.24) is 0 Å². The number of ether oxygens (including phenoxy) is 2. The first-order valence-electron chi connectivity index (χ1n) is 11.3. The van der Waals surface area contributed by atoms with Crippen molar-refractivity contribution in [3.05, 3.63) is 0 Å². The first-order valence-corrected chi connectivity index (χ1v) is 11.3. The summed E-state index contributed by atoms with van der Waals surface area (Å²) in [5.41, 5.74) is 0.406. The fourth-order valence-electron chi connectivity index (χ4n) is 7.92. The van der Waals surface area contributed by atoms with Crippen LogP contribution in [0.15, 0.2) is 0 Å². The van der Waals surface area contributed by atoms with Crippen LogP contribution in [0, 0.1) is 35.0 Å². The Hall–Kier alpha value is -0.120. The van der Waals surface area contributed by atoms with Gasteiger partial charge in [0.15, 0.2) is 5.79 Å². The lowest BCUT2D eigenvalue weighted by atomic mass is 9.51. The van der Waals surface area contributed by atoms with Gasteiger partial charge in [0.2, 0.25) is 0 Å². The summed E-state index contributed by atoms with van der Waals surface area (Å²) in [6, 6.07) is 0. The van der Waals surface area contributed by atoms with Crippen molar-refractivity contribution < 1.29 is 14.6 Å². The quantitative estimate of drug-likeness (QED) is 0.752. The molecule has 4 fully saturated rings. The second-order valence-electron chi connectivity index (χ2n) is 10.4. The summed E-state index contributed by atoms with van der Waals surface area (Å²) >= 11 is 0. The average molecular weight is 365 g/mol. The Morgan fingerprint density at radius 1 is 1.04 bits per heavy atom. The van der Waals surface area contributed by atoms with E-state index in [0.29, 0.717) is 35.7 Å². The van der Waals surface area contributed by atoms with Gasteiger partial charge in [-0.1, -0.05) is 27.2 Å². The minimum atomic E-state index is -0.324. The SMILES string of the molecule is CO[C@@]12CCCCC3C4CC[C@H]([C@H](C)CO)[C@@]4(C)CC[C@]3(O1)[C@@H](C)CC2. The number of hydrogen-bond acceptors (Lipinski definition) is 3. The molecule has 26 heavy (non-hydrogen) atoms. The predicted molar refractivity (Wildman–Crippen MR) is 104 cm³/mol. The highest BCUT2D eigenvalue weighted by atomic mass is 16.7. The zero-order valence-corrected chi connectivity index (χ0v) is 17.4. The summed E-state index contributed by atoms with van der Waals surface area (Å²) in [7, 11) is 1.86. The third-order valence-electron chi connectivity index (χ3n) is 9.49. The van der Waals surface area contributed by atoms with Gasteiger partial charge in [-0.15, -0.1) is 0 Å². The van der Waals surface area contributed by atoms with Crippen LogP contribution in [0.25, 0.3) is 0 Å². The Morgan fingerprint density at radius 3 is 2.58 bits per heavy atom. The zero-order chi connectivity index (χ0) is 18.6. The van der Waals surface area contributed by atoms with Crippen molar-refractivity contribution >= 4 is 0 Å². The number of aliphatic hydroxyl groups is 1. The normalized spacial score (nSPS) is 52.5. The number of hydrogen-bond donors (Lipinski definition) is 1. The van der Waals surface area contributed by atoms with Crippen molar-refractivity contribution in [1.29, 1.82) is 0 Å². The van der Waals surface area contributed by atoms with Gasteiger partial charge in [0.05, 0.1) is 5.60 Å². The molecule has 3 nitrogen and oxygen atoms in total. The summed E-state index contributed by atoms with van der Waals surface area (Å²) in [6.45, 7) is 7.59.